The first kappa shape index (κ1) is 27.2. The van der Waals surface area contributed by atoms with E-state index in [-0.39, 0.29) is 35.8 Å². The number of likely N-dealkylation sites (tertiary alicyclic amines) is 1. The van der Waals surface area contributed by atoms with Crippen LogP contribution >= 0.6 is 35.7 Å². The molecular weight excluding hydrogens is 533 g/mol. The molecule has 2 aliphatic rings. The van der Waals surface area contributed by atoms with Gasteiger partial charge in [-0.15, -0.1) is 24.0 Å². The van der Waals surface area contributed by atoms with Gasteiger partial charge in [0.15, 0.2) is 5.96 Å². The highest BCUT2D eigenvalue weighted by Gasteiger charge is 2.25. The molecule has 0 radical (unpaired) electrons. The average Bonchev–Trinajstić information content (AvgIpc) is 2.77. The fourth-order valence-electron chi connectivity index (χ4n) is 4.38. The second-order valence-electron chi connectivity index (χ2n) is 9.07. The first-order valence-corrected chi connectivity index (χ1v) is 12.8. The van der Waals surface area contributed by atoms with Gasteiger partial charge in [-0.1, -0.05) is 38.1 Å². The van der Waals surface area contributed by atoms with Gasteiger partial charge >= 0.3 is 0 Å². The Morgan fingerprint density at radius 1 is 1.28 bits per heavy atom. The molecule has 2 saturated heterocycles. The van der Waals surface area contributed by atoms with Crippen molar-refractivity contribution in [2.75, 3.05) is 38.5 Å². The van der Waals surface area contributed by atoms with Gasteiger partial charge in [-0.3, -0.25) is 9.69 Å². The number of aliphatic imine (C=N–C) groups is 1. The molecule has 2 heterocycles. The molecule has 0 spiro atoms. The third-order valence-corrected chi connectivity index (χ3v) is 7.73. The number of benzene rings is 1. The molecule has 32 heavy (non-hydrogen) atoms. The number of hydrogen-bond acceptors (Lipinski definition) is 4. The Hall–Kier alpha value is -1.00. The van der Waals surface area contributed by atoms with Crippen molar-refractivity contribution in [1.29, 1.82) is 0 Å². The van der Waals surface area contributed by atoms with Crippen LogP contribution in [0.2, 0.25) is 0 Å². The van der Waals surface area contributed by atoms with Crippen molar-refractivity contribution >= 4 is 47.6 Å². The molecule has 180 valence electrons. The molecule has 2 aliphatic heterocycles. The summed E-state index contributed by atoms with van der Waals surface area (Å²) in [6.07, 6.45) is 1.95. The minimum Gasteiger partial charge on any atom is -0.369 e. The van der Waals surface area contributed by atoms with Gasteiger partial charge < -0.3 is 16.0 Å². The third kappa shape index (κ3) is 8.09. The minimum absolute atomic E-state index is 0. The maximum Gasteiger partial charge on any atom is 0.221 e. The minimum atomic E-state index is -0.167. The first-order valence-electron chi connectivity index (χ1n) is 11.7. The number of guanidine groups is 1. The summed E-state index contributed by atoms with van der Waals surface area (Å²) in [5.41, 5.74) is 8.03. The van der Waals surface area contributed by atoms with E-state index in [9.17, 15) is 4.79 Å². The van der Waals surface area contributed by atoms with E-state index < -0.39 is 0 Å². The largest absolute Gasteiger partial charge is 0.369 e. The van der Waals surface area contributed by atoms with E-state index in [1.54, 1.807) is 0 Å². The summed E-state index contributed by atoms with van der Waals surface area (Å²) in [5.74, 6) is 2.68. The molecule has 1 aromatic carbocycles. The van der Waals surface area contributed by atoms with Crippen LogP contribution in [-0.2, 0) is 17.9 Å². The van der Waals surface area contributed by atoms with Crippen molar-refractivity contribution in [2.24, 2.45) is 22.6 Å². The van der Waals surface area contributed by atoms with Gasteiger partial charge in [-0.25, -0.2) is 4.99 Å². The number of piperidine rings is 1. The molecule has 2 fully saturated rings. The molecule has 3 N–H and O–H groups in total. The third-order valence-electron chi connectivity index (χ3n) is 6.19. The van der Waals surface area contributed by atoms with Crippen LogP contribution in [0.5, 0.6) is 0 Å². The Morgan fingerprint density at radius 2 is 2.06 bits per heavy atom. The summed E-state index contributed by atoms with van der Waals surface area (Å²) in [5, 5.41) is 4.15. The summed E-state index contributed by atoms with van der Waals surface area (Å²) in [6.45, 7) is 13.1. The van der Waals surface area contributed by atoms with E-state index in [0.29, 0.717) is 17.7 Å². The molecule has 0 bridgehead atoms. The number of nitrogens with one attached hydrogen (secondary N) is 1. The molecule has 2 unspecified atom stereocenters. The predicted octanol–water partition coefficient (Wildman–Crippen LogP) is 3.54. The smallest absolute Gasteiger partial charge is 0.221 e. The lowest BCUT2D eigenvalue weighted by Gasteiger charge is -2.36. The lowest BCUT2D eigenvalue weighted by atomic mass is 9.97. The highest BCUT2D eigenvalue weighted by molar-refractivity contribution is 14.0. The zero-order valence-corrected chi connectivity index (χ0v) is 22.9. The lowest BCUT2D eigenvalue weighted by Crippen LogP contribution is -2.49. The van der Waals surface area contributed by atoms with Crippen molar-refractivity contribution in [3.63, 3.8) is 0 Å². The van der Waals surface area contributed by atoms with Gasteiger partial charge in [-0.05, 0) is 43.4 Å². The lowest BCUT2D eigenvalue weighted by molar-refractivity contribution is -0.123. The van der Waals surface area contributed by atoms with Gasteiger partial charge in [0.1, 0.15) is 0 Å². The Labute approximate surface area is 215 Å². The van der Waals surface area contributed by atoms with Crippen LogP contribution < -0.4 is 11.1 Å². The quantitative estimate of drug-likeness (QED) is 0.297. The molecular formula is C24H40IN5OS. The predicted molar refractivity (Wildman–Crippen MR) is 147 cm³/mol. The van der Waals surface area contributed by atoms with Crippen molar-refractivity contribution < 1.29 is 4.79 Å². The van der Waals surface area contributed by atoms with Crippen LogP contribution in [0.1, 0.15) is 44.7 Å². The fraction of sp³-hybridized carbons (Fsp3) is 0.667. The zero-order chi connectivity index (χ0) is 22.2. The van der Waals surface area contributed by atoms with Crippen LogP contribution in [0.3, 0.4) is 0 Å². The first-order chi connectivity index (χ1) is 15.0. The van der Waals surface area contributed by atoms with E-state index in [0.717, 1.165) is 63.8 Å². The van der Waals surface area contributed by atoms with Crippen molar-refractivity contribution in [3.8, 4) is 0 Å². The van der Waals surface area contributed by atoms with Crippen molar-refractivity contribution in [3.05, 3.63) is 35.4 Å². The Balaban J connectivity index is 0.00000363. The number of nitrogens with two attached hydrogens (primary N) is 1. The van der Waals surface area contributed by atoms with Gasteiger partial charge in [0.25, 0.3) is 0 Å². The number of nitrogens with zero attached hydrogens (tertiary/aromatic N) is 3. The molecule has 0 aliphatic carbocycles. The maximum atomic E-state index is 11.6. The van der Waals surface area contributed by atoms with E-state index in [4.69, 9.17) is 10.7 Å². The van der Waals surface area contributed by atoms with E-state index in [2.05, 4.69) is 71.9 Å². The maximum absolute atomic E-state index is 11.6. The summed E-state index contributed by atoms with van der Waals surface area (Å²) in [4.78, 5) is 21.3. The molecule has 1 aromatic rings. The van der Waals surface area contributed by atoms with Gasteiger partial charge in [0.05, 0.1) is 12.5 Å². The van der Waals surface area contributed by atoms with Gasteiger partial charge in [0.2, 0.25) is 5.91 Å². The number of halogens is 1. The summed E-state index contributed by atoms with van der Waals surface area (Å²) >= 11 is 2.09. The molecule has 0 saturated carbocycles. The van der Waals surface area contributed by atoms with Crippen LogP contribution in [0.4, 0.5) is 0 Å². The van der Waals surface area contributed by atoms with Crippen LogP contribution in [0.15, 0.2) is 29.3 Å². The summed E-state index contributed by atoms with van der Waals surface area (Å²) in [6, 6.07) is 8.70. The highest BCUT2D eigenvalue weighted by atomic mass is 127. The van der Waals surface area contributed by atoms with Gasteiger partial charge in [0, 0.05) is 43.7 Å². The number of thioether (sulfide) groups is 1. The highest BCUT2D eigenvalue weighted by Crippen LogP contribution is 2.25. The number of carbonyl (C=O) groups is 1. The van der Waals surface area contributed by atoms with Crippen LogP contribution in [0, 0.1) is 11.8 Å². The van der Waals surface area contributed by atoms with Crippen molar-refractivity contribution in [2.45, 2.75) is 52.0 Å². The Kier molecular flexibility index (Phi) is 11.6. The molecule has 1 amide bonds. The summed E-state index contributed by atoms with van der Waals surface area (Å²) < 4.78 is 0. The topological polar surface area (TPSA) is 74.0 Å². The number of rotatable bonds is 7. The Bertz CT molecular complexity index is 760. The van der Waals surface area contributed by atoms with Crippen molar-refractivity contribution in [1.82, 2.24) is 15.1 Å². The molecule has 8 heteroatoms. The number of primary amides is 1. The average molecular weight is 574 g/mol. The second kappa shape index (κ2) is 13.6. The van der Waals surface area contributed by atoms with Crippen LogP contribution in [-0.4, -0.2) is 65.4 Å². The van der Waals surface area contributed by atoms with Crippen LogP contribution in [0.25, 0.3) is 0 Å². The number of carbonyl (C=O) groups excluding carboxylic acids is 1. The van der Waals surface area contributed by atoms with E-state index in [1.807, 2.05) is 0 Å². The normalized spacial score (nSPS) is 22.5. The SMILES string of the molecule is CCNC(=NCc1cccc(CN2CCCC(C(N)=O)C2)c1)N1CCSC(C(C)C)C1.I. The standard InChI is InChI=1S/C24H39N5OS.HI/c1-4-26-24(29-11-12-31-22(17-29)18(2)3)27-14-19-7-5-8-20(13-19)15-28-10-6-9-21(16-28)23(25)30;/h5,7-8,13,18,21-22H,4,6,9-12,14-17H2,1-3H3,(H2,25,30)(H,26,27);1H. The zero-order valence-electron chi connectivity index (χ0n) is 19.8. The van der Waals surface area contributed by atoms with E-state index in [1.165, 1.54) is 11.1 Å². The van der Waals surface area contributed by atoms with Gasteiger partial charge in [-0.2, -0.15) is 11.8 Å². The number of hydrogen-bond donors (Lipinski definition) is 2. The second-order valence-corrected chi connectivity index (χ2v) is 10.4. The monoisotopic (exact) mass is 573 g/mol. The molecule has 0 aromatic heterocycles. The number of amides is 1. The fourth-order valence-corrected chi connectivity index (χ4v) is 5.68. The summed E-state index contributed by atoms with van der Waals surface area (Å²) in [7, 11) is 0. The molecule has 6 nitrogen and oxygen atoms in total. The molecule has 3 rings (SSSR count). The van der Waals surface area contributed by atoms with E-state index >= 15 is 0 Å². The molecule has 2 atom stereocenters. The Morgan fingerprint density at radius 3 is 2.78 bits per heavy atom.